The van der Waals surface area contributed by atoms with Crippen molar-refractivity contribution in [3.8, 4) is 0 Å². The molecule has 1 aliphatic rings. The van der Waals surface area contributed by atoms with Crippen LogP contribution in [0.5, 0.6) is 0 Å². The van der Waals surface area contributed by atoms with E-state index in [2.05, 4.69) is 10.6 Å². The highest BCUT2D eigenvalue weighted by Gasteiger charge is 2.30. The maximum atomic E-state index is 12.3. The zero-order valence-electron chi connectivity index (χ0n) is 12.3. The molecule has 0 heterocycles. The van der Waals surface area contributed by atoms with Crippen molar-refractivity contribution in [2.45, 2.75) is 32.2 Å². The van der Waals surface area contributed by atoms with E-state index in [0.717, 1.165) is 30.6 Å². The molecule has 2 unspecified atom stereocenters. The molecule has 114 valence electrons. The van der Waals surface area contributed by atoms with Crippen LogP contribution < -0.4 is 10.6 Å². The predicted molar refractivity (Wildman–Crippen MR) is 80.9 cm³/mol. The second-order valence-corrected chi connectivity index (χ2v) is 5.62. The van der Waals surface area contributed by atoms with Crippen LogP contribution in [0.1, 0.15) is 31.2 Å². The third-order valence-corrected chi connectivity index (χ3v) is 3.97. The number of aliphatic carboxylic acids is 1. The van der Waals surface area contributed by atoms with Gasteiger partial charge in [0.1, 0.15) is 0 Å². The molecule has 0 aliphatic heterocycles. The van der Waals surface area contributed by atoms with Crippen molar-refractivity contribution < 1.29 is 14.7 Å². The quantitative estimate of drug-likeness (QED) is 0.777. The zero-order valence-corrected chi connectivity index (χ0v) is 12.3. The van der Waals surface area contributed by atoms with Crippen molar-refractivity contribution >= 4 is 17.6 Å². The van der Waals surface area contributed by atoms with E-state index < -0.39 is 5.97 Å². The van der Waals surface area contributed by atoms with Crippen LogP contribution in [0.2, 0.25) is 0 Å². The molecule has 1 aliphatic carbocycles. The summed E-state index contributed by atoms with van der Waals surface area (Å²) in [5.74, 6) is -1.44. The average Bonchev–Trinajstić information content (AvgIpc) is 2.48. The molecule has 5 heteroatoms. The molecule has 0 spiro atoms. The Hall–Kier alpha value is -1.88. The molecule has 1 amide bonds. The van der Waals surface area contributed by atoms with E-state index in [1.165, 1.54) is 0 Å². The van der Waals surface area contributed by atoms with E-state index in [1.807, 2.05) is 31.3 Å². The van der Waals surface area contributed by atoms with Gasteiger partial charge in [-0.25, -0.2) is 0 Å². The van der Waals surface area contributed by atoms with Crippen LogP contribution in [0.4, 0.5) is 5.69 Å². The van der Waals surface area contributed by atoms with Gasteiger partial charge in [-0.3, -0.25) is 9.59 Å². The van der Waals surface area contributed by atoms with Crippen LogP contribution in [0.15, 0.2) is 24.3 Å². The first kappa shape index (κ1) is 15.5. The molecular formula is C16H22N2O3. The fourth-order valence-electron chi connectivity index (χ4n) is 2.86. The van der Waals surface area contributed by atoms with Gasteiger partial charge in [-0.1, -0.05) is 18.6 Å². The van der Waals surface area contributed by atoms with Gasteiger partial charge in [0.15, 0.2) is 0 Å². The lowest BCUT2D eigenvalue weighted by atomic mass is 9.81. The maximum absolute atomic E-state index is 12.3. The smallest absolute Gasteiger partial charge is 0.306 e. The van der Waals surface area contributed by atoms with Gasteiger partial charge in [-0.2, -0.15) is 0 Å². The van der Waals surface area contributed by atoms with Gasteiger partial charge in [0, 0.05) is 18.2 Å². The number of benzene rings is 1. The molecule has 1 saturated carbocycles. The van der Waals surface area contributed by atoms with Crippen molar-refractivity contribution in [3.63, 3.8) is 0 Å². The predicted octanol–water partition coefficient (Wildman–Crippen LogP) is 2.24. The van der Waals surface area contributed by atoms with Gasteiger partial charge in [0.25, 0.3) is 0 Å². The molecule has 21 heavy (non-hydrogen) atoms. The Morgan fingerprint density at radius 2 is 2.05 bits per heavy atom. The van der Waals surface area contributed by atoms with Crippen LogP contribution in [-0.2, 0) is 16.1 Å². The molecule has 3 N–H and O–H groups in total. The summed E-state index contributed by atoms with van der Waals surface area (Å²) in [5.41, 5.74) is 1.87. The largest absolute Gasteiger partial charge is 0.481 e. The molecule has 1 aromatic rings. The minimum absolute atomic E-state index is 0.0671. The summed E-state index contributed by atoms with van der Waals surface area (Å²) in [7, 11) is 1.87. The van der Waals surface area contributed by atoms with Gasteiger partial charge < -0.3 is 15.7 Å². The summed E-state index contributed by atoms with van der Waals surface area (Å²) in [4.78, 5) is 23.3. The van der Waals surface area contributed by atoms with Crippen molar-refractivity contribution in [2.75, 3.05) is 12.4 Å². The number of carboxylic acids is 1. The molecule has 2 atom stereocenters. The Kier molecular flexibility index (Phi) is 5.33. The van der Waals surface area contributed by atoms with Gasteiger partial charge >= 0.3 is 5.97 Å². The summed E-state index contributed by atoms with van der Waals surface area (Å²) in [6.45, 7) is 0.744. The van der Waals surface area contributed by atoms with E-state index >= 15 is 0 Å². The first-order chi connectivity index (χ1) is 10.1. The normalized spacial score (nSPS) is 21.8. The van der Waals surface area contributed by atoms with E-state index in [1.54, 1.807) is 0 Å². The van der Waals surface area contributed by atoms with Crippen LogP contribution in [0.3, 0.4) is 0 Å². The zero-order chi connectivity index (χ0) is 15.2. The van der Waals surface area contributed by atoms with Crippen molar-refractivity contribution in [3.05, 3.63) is 29.8 Å². The summed E-state index contributed by atoms with van der Waals surface area (Å²) < 4.78 is 0. The standard InChI is InChI=1S/C16H22N2O3/c1-17-10-11-4-2-7-14(8-11)18-15(19)12-5-3-6-13(9-12)16(20)21/h2,4,7-8,12-13,17H,3,5-6,9-10H2,1H3,(H,18,19)(H,20,21). The number of rotatable bonds is 5. The minimum atomic E-state index is -0.788. The number of nitrogens with one attached hydrogen (secondary N) is 2. The molecule has 0 saturated heterocycles. The van der Waals surface area contributed by atoms with Crippen LogP contribution >= 0.6 is 0 Å². The van der Waals surface area contributed by atoms with Gasteiger partial charge in [0.2, 0.25) is 5.91 Å². The average molecular weight is 290 g/mol. The van der Waals surface area contributed by atoms with Gasteiger partial charge in [-0.15, -0.1) is 0 Å². The second-order valence-electron chi connectivity index (χ2n) is 5.62. The molecular weight excluding hydrogens is 268 g/mol. The van der Waals surface area contributed by atoms with Crippen molar-refractivity contribution in [1.82, 2.24) is 5.32 Å². The molecule has 1 aromatic carbocycles. The number of amides is 1. The lowest BCUT2D eigenvalue weighted by molar-refractivity contribution is -0.143. The highest BCUT2D eigenvalue weighted by molar-refractivity contribution is 5.93. The van der Waals surface area contributed by atoms with Gasteiger partial charge in [0.05, 0.1) is 5.92 Å². The summed E-state index contributed by atoms with van der Waals surface area (Å²) in [6.07, 6.45) is 2.69. The lowest BCUT2D eigenvalue weighted by Gasteiger charge is -2.25. The Labute approximate surface area is 124 Å². The Morgan fingerprint density at radius 3 is 2.76 bits per heavy atom. The highest BCUT2D eigenvalue weighted by atomic mass is 16.4. The van der Waals surface area contributed by atoms with Crippen molar-refractivity contribution in [2.24, 2.45) is 11.8 Å². The molecule has 0 radical (unpaired) electrons. The van der Waals surface area contributed by atoms with Crippen molar-refractivity contribution in [1.29, 1.82) is 0 Å². The van der Waals surface area contributed by atoms with E-state index in [9.17, 15) is 9.59 Å². The van der Waals surface area contributed by atoms with E-state index in [4.69, 9.17) is 5.11 Å². The first-order valence-electron chi connectivity index (χ1n) is 7.37. The molecule has 0 aromatic heterocycles. The summed E-state index contributed by atoms with van der Waals surface area (Å²) in [5, 5.41) is 15.1. The Bertz CT molecular complexity index is 516. The monoisotopic (exact) mass is 290 g/mol. The number of carboxylic acid groups (broad SMARTS) is 1. The third-order valence-electron chi connectivity index (χ3n) is 3.97. The fraction of sp³-hybridized carbons (Fsp3) is 0.500. The number of hydrogen-bond acceptors (Lipinski definition) is 3. The van der Waals surface area contributed by atoms with Gasteiger partial charge in [-0.05, 0) is 44.0 Å². The second kappa shape index (κ2) is 7.22. The molecule has 1 fully saturated rings. The number of anilines is 1. The number of carbonyl (C=O) groups excluding carboxylic acids is 1. The highest BCUT2D eigenvalue weighted by Crippen LogP contribution is 2.30. The third kappa shape index (κ3) is 4.29. The summed E-state index contributed by atoms with van der Waals surface area (Å²) in [6, 6.07) is 7.69. The van der Waals surface area contributed by atoms with Crippen LogP contribution in [0.25, 0.3) is 0 Å². The van der Waals surface area contributed by atoms with E-state index in [0.29, 0.717) is 12.8 Å². The molecule has 0 bridgehead atoms. The minimum Gasteiger partial charge on any atom is -0.481 e. The molecule has 2 rings (SSSR count). The molecule has 5 nitrogen and oxygen atoms in total. The topological polar surface area (TPSA) is 78.4 Å². The van der Waals surface area contributed by atoms with E-state index in [-0.39, 0.29) is 17.7 Å². The lowest BCUT2D eigenvalue weighted by Crippen LogP contribution is -2.30. The van der Waals surface area contributed by atoms with Crippen LogP contribution in [-0.4, -0.2) is 24.0 Å². The number of carbonyl (C=O) groups is 2. The summed E-state index contributed by atoms with van der Waals surface area (Å²) >= 11 is 0. The first-order valence-corrected chi connectivity index (χ1v) is 7.37. The fourth-order valence-corrected chi connectivity index (χ4v) is 2.86. The number of hydrogen-bond donors (Lipinski definition) is 3. The Balaban J connectivity index is 1.97. The SMILES string of the molecule is CNCc1cccc(NC(=O)C2CCCC(C(=O)O)C2)c1. The van der Waals surface area contributed by atoms with Crippen LogP contribution in [0, 0.1) is 11.8 Å². The Morgan fingerprint density at radius 1 is 1.29 bits per heavy atom. The maximum Gasteiger partial charge on any atom is 0.306 e.